The Balaban J connectivity index is 1.41. The maximum atomic E-state index is 12.9. The zero-order valence-electron chi connectivity index (χ0n) is 21.6. The van der Waals surface area contributed by atoms with Gasteiger partial charge in [-0.05, 0) is 43.5 Å². The van der Waals surface area contributed by atoms with Gasteiger partial charge in [-0.25, -0.2) is 4.79 Å². The van der Waals surface area contributed by atoms with Gasteiger partial charge in [-0.2, -0.15) is 0 Å². The minimum absolute atomic E-state index is 0.109. The number of esters is 1. The van der Waals surface area contributed by atoms with E-state index in [1.807, 2.05) is 71.5 Å². The van der Waals surface area contributed by atoms with Crippen molar-refractivity contribution in [3.8, 4) is 16.9 Å². The first-order valence-electron chi connectivity index (χ1n) is 12.4. The normalized spacial score (nSPS) is 10.8. The van der Waals surface area contributed by atoms with Crippen molar-refractivity contribution in [3.05, 3.63) is 76.9 Å². The smallest absolute Gasteiger partial charge is 0.341 e. The third-order valence-corrected chi connectivity index (χ3v) is 7.61. The predicted molar refractivity (Wildman–Crippen MR) is 151 cm³/mol. The molecule has 0 aliphatic heterocycles. The summed E-state index contributed by atoms with van der Waals surface area (Å²) >= 11 is 2.59. The third kappa shape index (κ3) is 6.62. The number of nitrogens with zero attached hydrogens (tertiary/aromatic N) is 3. The summed E-state index contributed by atoms with van der Waals surface area (Å²) in [6.07, 6.45) is 0.976. The Bertz CT molecular complexity index is 1370. The summed E-state index contributed by atoms with van der Waals surface area (Å²) in [7, 11) is 0. The minimum Gasteiger partial charge on any atom is -0.486 e. The first-order valence-corrected chi connectivity index (χ1v) is 14.3. The summed E-state index contributed by atoms with van der Waals surface area (Å²) in [6, 6.07) is 17.6. The van der Waals surface area contributed by atoms with E-state index in [-0.39, 0.29) is 24.9 Å². The number of carbonyl (C=O) groups excluding carboxylic acids is 2. The Labute approximate surface area is 230 Å². The van der Waals surface area contributed by atoms with Crippen molar-refractivity contribution in [2.24, 2.45) is 0 Å². The van der Waals surface area contributed by atoms with Crippen molar-refractivity contribution in [2.45, 2.75) is 45.5 Å². The van der Waals surface area contributed by atoms with Crippen molar-refractivity contribution < 1.29 is 19.1 Å². The highest BCUT2D eigenvalue weighted by Crippen LogP contribution is 2.36. The molecule has 0 aliphatic carbocycles. The van der Waals surface area contributed by atoms with Crippen LogP contribution in [0.3, 0.4) is 0 Å². The van der Waals surface area contributed by atoms with Crippen LogP contribution in [0.15, 0.2) is 65.1 Å². The summed E-state index contributed by atoms with van der Waals surface area (Å²) < 4.78 is 13.1. The van der Waals surface area contributed by atoms with E-state index in [9.17, 15) is 9.59 Å². The van der Waals surface area contributed by atoms with Crippen LogP contribution in [0.25, 0.3) is 11.1 Å². The molecule has 198 valence electrons. The number of rotatable bonds is 12. The number of aromatic nitrogens is 3. The van der Waals surface area contributed by atoms with Gasteiger partial charge in [-0.1, -0.05) is 61.2 Å². The second kappa shape index (κ2) is 13.3. The van der Waals surface area contributed by atoms with Crippen LogP contribution in [-0.2, 0) is 29.1 Å². The highest BCUT2D eigenvalue weighted by molar-refractivity contribution is 7.99. The molecular formula is C28H30N4O4S2. The summed E-state index contributed by atoms with van der Waals surface area (Å²) in [5, 5.41) is 14.4. The van der Waals surface area contributed by atoms with Crippen LogP contribution in [0.1, 0.15) is 42.5 Å². The summed E-state index contributed by atoms with van der Waals surface area (Å²) in [6.45, 7) is 7.03. The molecule has 2 aromatic carbocycles. The Morgan fingerprint density at radius 3 is 2.47 bits per heavy atom. The number of carbonyl (C=O) groups is 2. The zero-order chi connectivity index (χ0) is 26.9. The van der Waals surface area contributed by atoms with E-state index in [0.717, 1.165) is 23.3 Å². The van der Waals surface area contributed by atoms with Gasteiger partial charge in [0.1, 0.15) is 22.9 Å². The van der Waals surface area contributed by atoms with Gasteiger partial charge in [0, 0.05) is 17.5 Å². The van der Waals surface area contributed by atoms with E-state index < -0.39 is 5.97 Å². The average Bonchev–Trinajstić information content (AvgIpc) is 3.55. The molecule has 2 aromatic heterocycles. The van der Waals surface area contributed by atoms with Crippen LogP contribution < -0.4 is 10.1 Å². The molecule has 0 spiro atoms. The lowest BCUT2D eigenvalue weighted by Gasteiger charge is -2.10. The van der Waals surface area contributed by atoms with Crippen LogP contribution in [0, 0.1) is 0 Å². The Hall–Kier alpha value is -3.63. The Morgan fingerprint density at radius 2 is 1.79 bits per heavy atom. The molecule has 1 N–H and O–H groups in total. The van der Waals surface area contributed by atoms with Crippen molar-refractivity contribution >= 4 is 40.0 Å². The first kappa shape index (κ1) is 27.4. The molecule has 38 heavy (non-hydrogen) atoms. The van der Waals surface area contributed by atoms with Crippen molar-refractivity contribution in [2.75, 3.05) is 17.7 Å². The fourth-order valence-electron chi connectivity index (χ4n) is 3.80. The molecule has 0 bridgehead atoms. The standard InChI is InChI=1S/C28H30N4O4S2/c1-4-19-12-14-21(15-13-19)36-16-23-30-31-28(32(23)5-2)38-18-24(33)29-26-25(27(34)35-6-3)22(17-37-26)20-10-8-7-9-11-20/h7-15,17H,4-6,16,18H2,1-3H3,(H,29,33). The summed E-state index contributed by atoms with van der Waals surface area (Å²) in [5.41, 5.74) is 3.23. The number of thiophene rings is 1. The van der Waals surface area contributed by atoms with Gasteiger partial charge < -0.3 is 19.4 Å². The van der Waals surface area contributed by atoms with Gasteiger partial charge in [0.05, 0.1) is 12.4 Å². The monoisotopic (exact) mass is 550 g/mol. The third-order valence-electron chi connectivity index (χ3n) is 5.75. The van der Waals surface area contributed by atoms with Gasteiger partial charge in [-0.15, -0.1) is 21.5 Å². The van der Waals surface area contributed by atoms with Gasteiger partial charge >= 0.3 is 5.97 Å². The van der Waals surface area contributed by atoms with E-state index >= 15 is 0 Å². The molecule has 8 nitrogen and oxygen atoms in total. The van der Waals surface area contributed by atoms with Crippen LogP contribution >= 0.6 is 23.1 Å². The number of thioether (sulfide) groups is 1. The molecule has 0 unspecified atom stereocenters. The van der Waals surface area contributed by atoms with Crippen molar-refractivity contribution in [3.63, 3.8) is 0 Å². The van der Waals surface area contributed by atoms with Gasteiger partial charge in [0.25, 0.3) is 0 Å². The van der Waals surface area contributed by atoms with E-state index in [4.69, 9.17) is 9.47 Å². The quantitative estimate of drug-likeness (QED) is 0.169. The fourth-order valence-corrected chi connectivity index (χ4v) is 5.59. The fraction of sp³-hybridized carbons (Fsp3) is 0.286. The van der Waals surface area contributed by atoms with Gasteiger partial charge in [0.15, 0.2) is 11.0 Å². The van der Waals surface area contributed by atoms with Crippen molar-refractivity contribution in [1.29, 1.82) is 0 Å². The molecule has 10 heteroatoms. The zero-order valence-corrected chi connectivity index (χ0v) is 23.2. The molecule has 0 aliphatic rings. The number of nitrogens with one attached hydrogen (secondary N) is 1. The van der Waals surface area contributed by atoms with E-state index in [1.165, 1.54) is 28.7 Å². The lowest BCUT2D eigenvalue weighted by molar-refractivity contribution is -0.113. The highest BCUT2D eigenvalue weighted by Gasteiger charge is 2.23. The molecule has 0 atom stereocenters. The van der Waals surface area contributed by atoms with Crippen LogP contribution in [-0.4, -0.2) is 39.0 Å². The molecule has 0 saturated carbocycles. The topological polar surface area (TPSA) is 95.3 Å². The van der Waals surface area contributed by atoms with Crippen LogP contribution in [0.2, 0.25) is 0 Å². The largest absolute Gasteiger partial charge is 0.486 e. The summed E-state index contributed by atoms with van der Waals surface area (Å²) in [5.74, 6) is 0.852. The number of hydrogen-bond acceptors (Lipinski definition) is 8. The molecule has 0 fully saturated rings. The molecule has 0 saturated heterocycles. The molecule has 0 radical (unpaired) electrons. The first-order chi connectivity index (χ1) is 18.5. The number of amides is 1. The number of anilines is 1. The van der Waals surface area contributed by atoms with Gasteiger partial charge in [-0.3, -0.25) is 4.79 Å². The second-order valence-corrected chi connectivity index (χ2v) is 10.0. The van der Waals surface area contributed by atoms with Crippen molar-refractivity contribution in [1.82, 2.24) is 14.8 Å². The van der Waals surface area contributed by atoms with E-state index in [1.54, 1.807) is 6.92 Å². The van der Waals surface area contributed by atoms with E-state index in [0.29, 0.717) is 28.1 Å². The molecule has 4 rings (SSSR count). The van der Waals surface area contributed by atoms with E-state index in [2.05, 4.69) is 22.4 Å². The SMILES string of the molecule is CCOC(=O)c1c(-c2ccccc2)csc1NC(=O)CSc1nnc(COc2ccc(CC)cc2)n1CC. The van der Waals surface area contributed by atoms with Crippen LogP contribution in [0.5, 0.6) is 5.75 Å². The molecule has 4 aromatic rings. The number of ether oxygens (including phenoxy) is 2. The lowest BCUT2D eigenvalue weighted by Crippen LogP contribution is -2.17. The van der Waals surface area contributed by atoms with Gasteiger partial charge in [0.2, 0.25) is 5.91 Å². The Kier molecular flexibility index (Phi) is 9.56. The Morgan fingerprint density at radius 1 is 1.03 bits per heavy atom. The maximum absolute atomic E-state index is 12.9. The maximum Gasteiger partial charge on any atom is 0.341 e. The average molecular weight is 551 g/mol. The number of hydrogen-bond donors (Lipinski definition) is 1. The number of aryl methyl sites for hydroxylation is 1. The predicted octanol–water partition coefficient (Wildman–Crippen LogP) is 6.08. The van der Waals surface area contributed by atoms with Crippen LogP contribution in [0.4, 0.5) is 5.00 Å². The molecule has 1 amide bonds. The number of benzene rings is 2. The molecular weight excluding hydrogens is 520 g/mol. The lowest BCUT2D eigenvalue weighted by atomic mass is 10.0. The minimum atomic E-state index is -0.463. The molecule has 2 heterocycles. The second-order valence-electron chi connectivity index (χ2n) is 8.21. The highest BCUT2D eigenvalue weighted by atomic mass is 32.2. The summed E-state index contributed by atoms with van der Waals surface area (Å²) in [4.78, 5) is 25.6.